The highest BCUT2D eigenvalue weighted by molar-refractivity contribution is 6.06. The first kappa shape index (κ1) is 22.9. The van der Waals surface area contributed by atoms with E-state index in [0.717, 1.165) is 24.2 Å². The maximum Gasteiger partial charge on any atom is 0.256 e. The molecule has 184 valence electrons. The third-order valence-electron chi connectivity index (χ3n) is 7.05. The van der Waals surface area contributed by atoms with E-state index in [1.807, 2.05) is 83.8 Å². The molecule has 0 bridgehead atoms. The highest BCUT2D eigenvalue weighted by Gasteiger charge is 2.33. The van der Waals surface area contributed by atoms with Gasteiger partial charge in [0.1, 0.15) is 11.5 Å². The van der Waals surface area contributed by atoms with Crippen molar-refractivity contribution in [1.82, 2.24) is 4.90 Å². The molecule has 0 radical (unpaired) electrons. The zero-order chi connectivity index (χ0) is 25.2. The molecular formula is C31H27N3O3. The third kappa shape index (κ3) is 4.42. The number of ether oxygens (including phenoxy) is 1. The molecule has 4 aromatic rings. The van der Waals surface area contributed by atoms with E-state index in [1.165, 1.54) is 5.69 Å². The highest BCUT2D eigenvalue weighted by Crippen LogP contribution is 2.44. The van der Waals surface area contributed by atoms with Gasteiger partial charge in [0.05, 0.1) is 17.2 Å². The normalized spacial score (nSPS) is 14.8. The van der Waals surface area contributed by atoms with Crippen molar-refractivity contribution in [3.63, 3.8) is 0 Å². The van der Waals surface area contributed by atoms with E-state index in [4.69, 9.17) is 4.74 Å². The van der Waals surface area contributed by atoms with Gasteiger partial charge in [-0.05, 0) is 36.4 Å². The van der Waals surface area contributed by atoms with Crippen LogP contribution in [0.15, 0.2) is 103 Å². The van der Waals surface area contributed by atoms with E-state index < -0.39 is 5.92 Å². The zero-order valence-electron chi connectivity index (χ0n) is 20.3. The summed E-state index contributed by atoms with van der Waals surface area (Å²) in [4.78, 5) is 31.5. The Labute approximate surface area is 216 Å². The predicted octanol–water partition coefficient (Wildman–Crippen LogP) is 5.53. The summed E-state index contributed by atoms with van der Waals surface area (Å²) in [6.07, 6.45) is 0. The van der Waals surface area contributed by atoms with Crippen molar-refractivity contribution in [3.8, 4) is 11.5 Å². The number of nitrogens with one attached hydrogen (secondary N) is 1. The fraction of sp³-hybridized carbons (Fsp3) is 0.161. The van der Waals surface area contributed by atoms with Crippen LogP contribution in [0.4, 0.5) is 11.4 Å². The molecule has 1 N–H and O–H groups in total. The van der Waals surface area contributed by atoms with Crippen molar-refractivity contribution in [3.05, 3.63) is 120 Å². The highest BCUT2D eigenvalue weighted by atomic mass is 16.5. The van der Waals surface area contributed by atoms with Crippen LogP contribution in [-0.4, -0.2) is 42.9 Å². The van der Waals surface area contributed by atoms with Gasteiger partial charge in [0.2, 0.25) is 5.91 Å². The van der Waals surface area contributed by atoms with Gasteiger partial charge in [0.25, 0.3) is 5.91 Å². The molecule has 0 aliphatic carbocycles. The number of hydrogen-bond donors (Lipinski definition) is 1. The summed E-state index contributed by atoms with van der Waals surface area (Å²) in [5, 5.41) is 3.06. The summed E-state index contributed by atoms with van der Waals surface area (Å²) in [5.74, 6) is 0.524. The minimum Gasteiger partial charge on any atom is -0.457 e. The Morgan fingerprint density at radius 3 is 1.92 bits per heavy atom. The molecule has 6 rings (SSSR count). The number of para-hydroxylation sites is 4. The maximum absolute atomic E-state index is 13.7. The molecule has 4 aromatic carbocycles. The Morgan fingerprint density at radius 2 is 1.24 bits per heavy atom. The van der Waals surface area contributed by atoms with Gasteiger partial charge in [-0.1, -0.05) is 66.7 Å². The smallest absolute Gasteiger partial charge is 0.256 e. The Morgan fingerprint density at radius 1 is 0.676 bits per heavy atom. The number of benzene rings is 4. The summed E-state index contributed by atoms with van der Waals surface area (Å²) in [6.45, 7) is 2.77. The lowest BCUT2D eigenvalue weighted by molar-refractivity contribution is -0.116. The Bertz CT molecular complexity index is 1400. The molecule has 37 heavy (non-hydrogen) atoms. The van der Waals surface area contributed by atoms with E-state index in [9.17, 15) is 9.59 Å². The van der Waals surface area contributed by atoms with Crippen LogP contribution in [0.5, 0.6) is 11.5 Å². The second-order valence-electron chi connectivity index (χ2n) is 9.26. The van der Waals surface area contributed by atoms with Crippen molar-refractivity contribution in [2.45, 2.75) is 5.92 Å². The van der Waals surface area contributed by atoms with Gasteiger partial charge in [-0.25, -0.2) is 0 Å². The van der Waals surface area contributed by atoms with E-state index in [1.54, 1.807) is 12.1 Å². The quantitative estimate of drug-likeness (QED) is 0.410. The van der Waals surface area contributed by atoms with Crippen LogP contribution in [0.2, 0.25) is 0 Å². The zero-order valence-corrected chi connectivity index (χ0v) is 20.3. The minimum atomic E-state index is -0.543. The van der Waals surface area contributed by atoms with Crippen molar-refractivity contribution in [2.75, 3.05) is 36.4 Å². The molecule has 2 aliphatic heterocycles. The predicted molar refractivity (Wildman–Crippen MR) is 144 cm³/mol. The number of amides is 2. The van der Waals surface area contributed by atoms with E-state index >= 15 is 0 Å². The molecule has 6 nitrogen and oxygen atoms in total. The molecule has 0 spiro atoms. The van der Waals surface area contributed by atoms with Crippen molar-refractivity contribution < 1.29 is 14.3 Å². The second kappa shape index (κ2) is 9.82. The molecule has 0 atom stereocenters. The fourth-order valence-corrected chi connectivity index (χ4v) is 5.15. The van der Waals surface area contributed by atoms with Gasteiger partial charge >= 0.3 is 0 Å². The number of rotatable bonds is 4. The fourth-order valence-electron chi connectivity index (χ4n) is 5.15. The summed E-state index contributed by atoms with van der Waals surface area (Å²) >= 11 is 0. The average Bonchev–Trinajstić information content (AvgIpc) is 2.96. The number of hydrogen-bond acceptors (Lipinski definition) is 4. The summed E-state index contributed by atoms with van der Waals surface area (Å²) in [6, 6.07) is 32.7. The number of piperazine rings is 1. The van der Waals surface area contributed by atoms with Crippen LogP contribution >= 0.6 is 0 Å². The lowest BCUT2D eigenvalue weighted by atomic mass is 9.87. The van der Waals surface area contributed by atoms with Gasteiger partial charge in [0, 0.05) is 43.0 Å². The largest absolute Gasteiger partial charge is 0.457 e. The van der Waals surface area contributed by atoms with Crippen molar-refractivity contribution >= 4 is 23.2 Å². The summed E-state index contributed by atoms with van der Waals surface area (Å²) < 4.78 is 6.05. The molecular weight excluding hydrogens is 462 g/mol. The topological polar surface area (TPSA) is 61.9 Å². The first-order chi connectivity index (χ1) is 18.2. The number of carbonyl (C=O) groups excluding carboxylic acids is 2. The molecule has 0 aromatic heterocycles. The standard InChI is InChI=1S/C31H27N3O3/c35-30(29-24-13-5-8-16-27(24)37-28-17-9-6-14-25(28)29)32-26-15-7-4-12-23(26)31(36)34-20-18-33(19-21-34)22-10-2-1-3-11-22/h1-17,29H,18-21H2,(H,32,35). The van der Waals surface area contributed by atoms with Crippen molar-refractivity contribution in [1.29, 1.82) is 0 Å². The SMILES string of the molecule is O=C(Nc1ccccc1C(=O)N1CCN(c2ccccc2)CC1)C1c2ccccc2Oc2ccccc21. The van der Waals surface area contributed by atoms with Gasteiger partial charge < -0.3 is 19.9 Å². The second-order valence-corrected chi connectivity index (χ2v) is 9.26. The van der Waals surface area contributed by atoms with Crippen LogP contribution in [0.3, 0.4) is 0 Å². The Kier molecular flexibility index (Phi) is 6.06. The van der Waals surface area contributed by atoms with Crippen LogP contribution in [0.25, 0.3) is 0 Å². The average molecular weight is 490 g/mol. The molecule has 1 saturated heterocycles. The Balaban J connectivity index is 1.22. The molecule has 6 heteroatoms. The number of fused-ring (bicyclic) bond motifs is 2. The Hall–Kier alpha value is -4.58. The maximum atomic E-state index is 13.7. The van der Waals surface area contributed by atoms with Crippen LogP contribution < -0.4 is 15.0 Å². The molecule has 1 fully saturated rings. The number of anilines is 2. The summed E-state index contributed by atoms with van der Waals surface area (Å²) in [5.41, 5.74) is 3.79. The van der Waals surface area contributed by atoms with E-state index in [2.05, 4.69) is 22.3 Å². The van der Waals surface area contributed by atoms with Gasteiger partial charge in [0.15, 0.2) is 0 Å². The summed E-state index contributed by atoms with van der Waals surface area (Å²) in [7, 11) is 0. The van der Waals surface area contributed by atoms with Gasteiger partial charge in [-0.2, -0.15) is 0 Å². The van der Waals surface area contributed by atoms with E-state index in [-0.39, 0.29) is 11.8 Å². The molecule has 0 saturated carbocycles. The first-order valence-electron chi connectivity index (χ1n) is 12.5. The lowest BCUT2D eigenvalue weighted by Gasteiger charge is -2.36. The monoisotopic (exact) mass is 489 g/mol. The molecule has 2 heterocycles. The molecule has 2 amide bonds. The molecule has 0 unspecified atom stereocenters. The van der Waals surface area contributed by atoms with Crippen LogP contribution in [0.1, 0.15) is 27.4 Å². The third-order valence-corrected chi connectivity index (χ3v) is 7.05. The van der Waals surface area contributed by atoms with Crippen LogP contribution in [-0.2, 0) is 4.79 Å². The van der Waals surface area contributed by atoms with E-state index in [0.29, 0.717) is 35.8 Å². The lowest BCUT2D eigenvalue weighted by Crippen LogP contribution is -2.49. The molecule has 2 aliphatic rings. The minimum absolute atomic E-state index is 0.0728. The van der Waals surface area contributed by atoms with Gasteiger partial charge in [-0.15, -0.1) is 0 Å². The van der Waals surface area contributed by atoms with Crippen LogP contribution in [0, 0.1) is 0 Å². The number of carbonyl (C=O) groups is 2. The first-order valence-corrected chi connectivity index (χ1v) is 12.5. The van der Waals surface area contributed by atoms with Crippen molar-refractivity contribution in [2.24, 2.45) is 0 Å². The van der Waals surface area contributed by atoms with Gasteiger partial charge in [-0.3, -0.25) is 9.59 Å². The number of nitrogens with zero attached hydrogens (tertiary/aromatic N) is 2.